The summed E-state index contributed by atoms with van der Waals surface area (Å²) in [7, 11) is 0. The van der Waals surface area contributed by atoms with E-state index in [2.05, 4.69) is 27.7 Å². The maximum absolute atomic E-state index is 12.1. The molecule has 0 rings (SSSR count). The van der Waals surface area contributed by atoms with Gasteiger partial charge in [0.2, 0.25) is 0 Å². The Labute approximate surface area is 363 Å². The van der Waals surface area contributed by atoms with E-state index < -0.39 is 6.10 Å². The zero-order chi connectivity index (χ0) is 42.4. The number of esters is 2. The Balaban J connectivity index is 3.34. The van der Waals surface area contributed by atoms with Crippen LogP contribution in [0.15, 0.2) is 0 Å². The summed E-state index contributed by atoms with van der Waals surface area (Å²) in [6.45, 7) is 9.17. The van der Waals surface area contributed by atoms with Gasteiger partial charge in [-0.25, -0.2) is 0 Å². The lowest BCUT2D eigenvalue weighted by molar-refractivity contribution is -0.152. The molecule has 1 N–H and O–H groups in total. The first kappa shape index (κ1) is 56.9. The number of rotatable bonds is 48. The van der Waals surface area contributed by atoms with Crippen LogP contribution < -0.4 is 0 Å². The van der Waals surface area contributed by atoms with E-state index in [1.165, 1.54) is 231 Å². The van der Waals surface area contributed by atoms with Crippen molar-refractivity contribution in [3.63, 3.8) is 0 Å². The minimum atomic E-state index is -0.958. The van der Waals surface area contributed by atoms with Gasteiger partial charge in [-0.05, 0) is 24.7 Å². The van der Waals surface area contributed by atoms with Gasteiger partial charge in [0.1, 0.15) is 19.3 Å². The standard InChI is InChI=1S/C53H104O5/c1-5-49(3)43-39-35-31-27-23-19-15-11-7-9-13-17-21-25-29-33-37-41-45-52(55)57-47-51(54)48-58-53(56)46-42-38-34-30-26-22-18-14-10-8-12-16-20-24-28-32-36-40-44-50(4)6-2/h49-51,54H,5-48H2,1-4H3. The van der Waals surface area contributed by atoms with Crippen molar-refractivity contribution < 1.29 is 24.2 Å². The minimum absolute atomic E-state index is 0.107. The summed E-state index contributed by atoms with van der Waals surface area (Å²) in [5.41, 5.74) is 0. The van der Waals surface area contributed by atoms with E-state index in [-0.39, 0.29) is 25.2 Å². The van der Waals surface area contributed by atoms with Gasteiger partial charge in [0.25, 0.3) is 0 Å². The lowest BCUT2D eigenvalue weighted by atomic mass is 9.99. The van der Waals surface area contributed by atoms with Gasteiger partial charge in [-0.15, -0.1) is 0 Å². The van der Waals surface area contributed by atoms with Crippen LogP contribution in [0.1, 0.15) is 297 Å². The van der Waals surface area contributed by atoms with Crippen molar-refractivity contribution in [2.75, 3.05) is 13.2 Å². The molecule has 346 valence electrons. The van der Waals surface area contributed by atoms with Crippen LogP contribution in [-0.4, -0.2) is 36.4 Å². The van der Waals surface area contributed by atoms with Crippen molar-refractivity contribution in [2.45, 2.75) is 303 Å². The third kappa shape index (κ3) is 46.0. The minimum Gasteiger partial charge on any atom is -0.463 e. The van der Waals surface area contributed by atoms with Crippen molar-refractivity contribution in [1.82, 2.24) is 0 Å². The Morgan fingerprint density at radius 3 is 0.741 bits per heavy atom. The summed E-state index contributed by atoms with van der Waals surface area (Å²) >= 11 is 0. The first-order valence-electron chi connectivity index (χ1n) is 26.4. The number of ether oxygens (including phenoxy) is 2. The molecular weight excluding hydrogens is 717 g/mol. The molecule has 0 aliphatic rings. The van der Waals surface area contributed by atoms with Crippen molar-refractivity contribution in [1.29, 1.82) is 0 Å². The molecule has 0 aromatic rings. The number of carbonyl (C=O) groups excluding carboxylic acids is 2. The van der Waals surface area contributed by atoms with E-state index in [0.29, 0.717) is 12.8 Å². The molecule has 0 bridgehead atoms. The van der Waals surface area contributed by atoms with Crippen LogP contribution in [0.5, 0.6) is 0 Å². The molecule has 0 heterocycles. The van der Waals surface area contributed by atoms with Crippen molar-refractivity contribution in [3.05, 3.63) is 0 Å². The highest BCUT2D eigenvalue weighted by atomic mass is 16.6. The number of carbonyl (C=O) groups is 2. The number of unbranched alkanes of at least 4 members (excludes halogenated alkanes) is 34. The molecular formula is C53H104O5. The molecule has 0 saturated carbocycles. The Morgan fingerprint density at radius 1 is 0.345 bits per heavy atom. The maximum Gasteiger partial charge on any atom is 0.305 e. The Bertz CT molecular complexity index is 763. The number of aliphatic hydroxyl groups is 1. The molecule has 0 aromatic heterocycles. The normalized spacial score (nSPS) is 13.1. The SMILES string of the molecule is CCC(C)CCCCCCCCCCCCCCCCCCCCC(=O)OCC(O)COC(=O)CCCCCCCCCCCCCCCCCCCCC(C)CC. The largest absolute Gasteiger partial charge is 0.463 e. The zero-order valence-corrected chi connectivity index (χ0v) is 39.9. The topological polar surface area (TPSA) is 72.8 Å². The van der Waals surface area contributed by atoms with Crippen LogP contribution in [-0.2, 0) is 19.1 Å². The third-order valence-electron chi connectivity index (χ3n) is 12.9. The van der Waals surface area contributed by atoms with Gasteiger partial charge in [0.15, 0.2) is 0 Å². The van der Waals surface area contributed by atoms with Gasteiger partial charge in [0, 0.05) is 12.8 Å². The van der Waals surface area contributed by atoms with Crippen LogP contribution in [0.2, 0.25) is 0 Å². The quantitative estimate of drug-likeness (QED) is 0.0489. The third-order valence-corrected chi connectivity index (χ3v) is 12.9. The number of hydrogen-bond acceptors (Lipinski definition) is 5. The highest BCUT2D eigenvalue weighted by Crippen LogP contribution is 2.19. The second-order valence-electron chi connectivity index (χ2n) is 18.9. The summed E-state index contributed by atoms with van der Waals surface area (Å²) in [4.78, 5) is 24.1. The first-order valence-corrected chi connectivity index (χ1v) is 26.4. The van der Waals surface area contributed by atoms with E-state index in [0.717, 1.165) is 37.5 Å². The molecule has 5 nitrogen and oxygen atoms in total. The van der Waals surface area contributed by atoms with Gasteiger partial charge in [-0.1, -0.05) is 272 Å². The number of hydrogen-bond donors (Lipinski definition) is 1. The summed E-state index contributed by atoms with van der Waals surface area (Å²) < 4.78 is 10.4. The van der Waals surface area contributed by atoms with Gasteiger partial charge in [-0.3, -0.25) is 9.59 Å². The summed E-state index contributed by atoms with van der Waals surface area (Å²) in [6.07, 6.45) is 53.2. The lowest BCUT2D eigenvalue weighted by Gasteiger charge is -2.12. The summed E-state index contributed by atoms with van der Waals surface area (Å²) in [5.74, 6) is 1.29. The smallest absolute Gasteiger partial charge is 0.305 e. The van der Waals surface area contributed by atoms with Gasteiger partial charge in [0.05, 0.1) is 0 Å². The van der Waals surface area contributed by atoms with Crippen LogP contribution in [0.3, 0.4) is 0 Å². The Morgan fingerprint density at radius 2 is 0.534 bits per heavy atom. The van der Waals surface area contributed by atoms with Gasteiger partial charge >= 0.3 is 11.9 Å². The molecule has 0 fully saturated rings. The fourth-order valence-corrected chi connectivity index (χ4v) is 8.16. The second kappa shape index (κ2) is 47.0. The number of aliphatic hydroxyl groups excluding tert-OH is 1. The molecule has 0 aliphatic carbocycles. The molecule has 5 heteroatoms. The van der Waals surface area contributed by atoms with E-state index in [1.807, 2.05) is 0 Å². The molecule has 58 heavy (non-hydrogen) atoms. The van der Waals surface area contributed by atoms with Crippen LogP contribution in [0.25, 0.3) is 0 Å². The lowest BCUT2D eigenvalue weighted by Crippen LogP contribution is -2.25. The van der Waals surface area contributed by atoms with Crippen LogP contribution in [0, 0.1) is 11.8 Å². The molecule has 0 radical (unpaired) electrons. The van der Waals surface area contributed by atoms with Gasteiger partial charge in [-0.2, -0.15) is 0 Å². The highest BCUT2D eigenvalue weighted by Gasteiger charge is 2.12. The second-order valence-corrected chi connectivity index (χ2v) is 18.9. The van der Waals surface area contributed by atoms with Crippen LogP contribution in [0.4, 0.5) is 0 Å². The predicted molar refractivity (Wildman–Crippen MR) is 252 cm³/mol. The highest BCUT2D eigenvalue weighted by molar-refractivity contribution is 5.69. The summed E-state index contributed by atoms with van der Waals surface area (Å²) in [5, 5.41) is 10.1. The van der Waals surface area contributed by atoms with E-state index in [1.54, 1.807) is 0 Å². The molecule has 0 aliphatic heterocycles. The van der Waals surface area contributed by atoms with E-state index in [4.69, 9.17) is 9.47 Å². The van der Waals surface area contributed by atoms with E-state index >= 15 is 0 Å². The molecule has 2 atom stereocenters. The fourth-order valence-electron chi connectivity index (χ4n) is 8.16. The first-order chi connectivity index (χ1) is 28.4. The van der Waals surface area contributed by atoms with E-state index in [9.17, 15) is 14.7 Å². The Hall–Kier alpha value is -1.10. The molecule has 0 spiro atoms. The molecule has 2 unspecified atom stereocenters. The van der Waals surface area contributed by atoms with Crippen molar-refractivity contribution in [2.24, 2.45) is 11.8 Å². The monoisotopic (exact) mass is 821 g/mol. The maximum atomic E-state index is 12.1. The van der Waals surface area contributed by atoms with Crippen LogP contribution >= 0.6 is 0 Å². The molecule has 0 aromatic carbocycles. The molecule has 0 saturated heterocycles. The zero-order valence-electron chi connectivity index (χ0n) is 39.9. The van der Waals surface area contributed by atoms with Gasteiger partial charge < -0.3 is 14.6 Å². The van der Waals surface area contributed by atoms with Crippen molar-refractivity contribution >= 4 is 11.9 Å². The fraction of sp³-hybridized carbons (Fsp3) is 0.962. The Kier molecular flexibility index (Phi) is 46.1. The molecule has 0 amide bonds. The predicted octanol–water partition coefficient (Wildman–Crippen LogP) is 17.1. The van der Waals surface area contributed by atoms with Crippen molar-refractivity contribution in [3.8, 4) is 0 Å². The average Bonchev–Trinajstić information content (AvgIpc) is 3.23. The average molecular weight is 821 g/mol. The summed E-state index contributed by atoms with van der Waals surface area (Å²) in [6, 6.07) is 0.